The van der Waals surface area contributed by atoms with Crippen molar-refractivity contribution in [3.8, 4) is 5.75 Å². The lowest BCUT2D eigenvalue weighted by Crippen LogP contribution is -2.13. The van der Waals surface area contributed by atoms with Crippen LogP contribution in [0.25, 0.3) is 0 Å². The molecule has 0 N–H and O–H groups in total. The van der Waals surface area contributed by atoms with Gasteiger partial charge in [0.05, 0.1) is 6.61 Å². The van der Waals surface area contributed by atoms with E-state index in [0.717, 1.165) is 19.4 Å². The second-order valence-corrected chi connectivity index (χ2v) is 5.28. The zero-order chi connectivity index (χ0) is 11.1. The van der Waals surface area contributed by atoms with Gasteiger partial charge in [0.2, 0.25) is 0 Å². The molecule has 0 saturated heterocycles. The largest absolute Gasteiger partial charge is 0.493 e. The van der Waals surface area contributed by atoms with Crippen molar-refractivity contribution in [3.63, 3.8) is 0 Å². The Bertz CT molecular complexity index is 372. The lowest BCUT2D eigenvalue weighted by atomic mass is 9.84. The Labute approximate surface area is 92.5 Å². The summed E-state index contributed by atoms with van der Waals surface area (Å²) in [6, 6.07) is 4.51. The van der Waals surface area contributed by atoms with Gasteiger partial charge in [-0.1, -0.05) is 39.8 Å². The summed E-state index contributed by atoms with van der Waals surface area (Å²) in [5.74, 6) is 1.17. The Morgan fingerprint density at radius 1 is 1.27 bits per heavy atom. The summed E-state index contributed by atoms with van der Waals surface area (Å²) >= 11 is 0. The molecule has 1 heterocycles. The van der Waals surface area contributed by atoms with Crippen molar-refractivity contribution in [1.29, 1.82) is 0 Å². The van der Waals surface area contributed by atoms with E-state index in [0.29, 0.717) is 0 Å². The van der Waals surface area contributed by atoms with E-state index < -0.39 is 0 Å². The number of ether oxygens (including phenoxy) is 1. The van der Waals surface area contributed by atoms with Gasteiger partial charge in [-0.2, -0.15) is 0 Å². The van der Waals surface area contributed by atoms with E-state index in [1.54, 1.807) is 0 Å². The third-order valence-corrected chi connectivity index (χ3v) is 3.14. The minimum Gasteiger partial charge on any atom is -0.493 e. The van der Waals surface area contributed by atoms with Gasteiger partial charge in [0.25, 0.3) is 0 Å². The van der Waals surface area contributed by atoms with Crippen LogP contribution in [0.15, 0.2) is 12.1 Å². The molecule has 1 aromatic rings. The molecule has 1 aromatic carbocycles. The van der Waals surface area contributed by atoms with Gasteiger partial charge in [-0.05, 0) is 23.0 Å². The maximum atomic E-state index is 5.80. The number of rotatable bonds is 1. The quantitative estimate of drug-likeness (QED) is 0.680. The SMILES string of the molecule is CCc1ccc(C(C)(C)C)c2c1CCO2. The molecule has 0 unspecified atom stereocenters. The molecule has 1 aliphatic heterocycles. The van der Waals surface area contributed by atoms with Gasteiger partial charge in [0.15, 0.2) is 0 Å². The molecule has 0 atom stereocenters. The van der Waals surface area contributed by atoms with Crippen LogP contribution in [-0.4, -0.2) is 6.61 Å². The molecule has 1 heteroatoms. The number of hydrogen-bond donors (Lipinski definition) is 0. The smallest absolute Gasteiger partial charge is 0.126 e. The number of benzene rings is 1. The molecule has 0 radical (unpaired) electrons. The van der Waals surface area contributed by atoms with E-state index in [-0.39, 0.29) is 5.41 Å². The monoisotopic (exact) mass is 204 g/mol. The molecule has 0 spiro atoms. The molecule has 1 nitrogen and oxygen atoms in total. The second-order valence-electron chi connectivity index (χ2n) is 5.28. The van der Waals surface area contributed by atoms with Crippen LogP contribution in [0.4, 0.5) is 0 Å². The summed E-state index contributed by atoms with van der Waals surface area (Å²) in [5, 5.41) is 0. The van der Waals surface area contributed by atoms with Crippen LogP contribution in [-0.2, 0) is 18.3 Å². The van der Waals surface area contributed by atoms with Crippen molar-refractivity contribution in [2.45, 2.75) is 46.0 Å². The average molecular weight is 204 g/mol. The highest BCUT2D eigenvalue weighted by Gasteiger charge is 2.25. The normalized spacial score (nSPS) is 14.9. The van der Waals surface area contributed by atoms with Crippen LogP contribution in [0, 0.1) is 0 Å². The topological polar surface area (TPSA) is 9.23 Å². The average Bonchev–Trinajstić information content (AvgIpc) is 2.62. The van der Waals surface area contributed by atoms with Crippen LogP contribution in [0.1, 0.15) is 44.4 Å². The predicted molar refractivity (Wildman–Crippen MR) is 63.7 cm³/mol. The second kappa shape index (κ2) is 3.55. The fourth-order valence-electron chi connectivity index (χ4n) is 2.28. The van der Waals surface area contributed by atoms with Gasteiger partial charge in [-0.3, -0.25) is 0 Å². The van der Waals surface area contributed by atoms with Crippen LogP contribution >= 0.6 is 0 Å². The van der Waals surface area contributed by atoms with Gasteiger partial charge >= 0.3 is 0 Å². The Balaban J connectivity index is 2.57. The van der Waals surface area contributed by atoms with Gasteiger partial charge < -0.3 is 4.74 Å². The Morgan fingerprint density at radius 3 is 2.60 bits per heavy atom. The Kier molecular flexibility index (Phi) is 2.49. The summed E-state index contributed by atoms with van der Waals surface area (Å²) in [6.07, 6.45) is 2.19. The van der Waals surface area contributed by atoms with Gasteiger partial charge in [0, 0.05) is 12.0 Å². The van der Waals surface area contributed by atoms with Crippen molar-refractivity contribution in [3.05, 3.63) is 28.8 Å². The highest BCUT2D eigenvalue weighted by Crippen LogP contribution is 2.39. The summed E-state index contributed by atoms with van der Waals surface area (Å²) in [6.45, 7) is 9.81. The molecule has 15 heavy (non-hydrogen) atoms. The first-order chi connectivity index (χ1) is 7.04. The molecule has 2 rings (SSSR count). The number of hydrogen-bond acceptors (Lipinski definition) is 1. The van der Waals surface area contributed by atoms with E-state index in [1.165, 1.54) is 22.4 Å². The standard InChI is InChI=1S/C14H20O/c1-5-10-6-7-12(14(2,3)4)13-11(10)8-9-15-13/h6-7H,5,8-9H2,1-4H3. The summed E-state index contributed by atoms with van der Waals surface area (Å²) < 4.78 is 5.80. The fraction of sp³-hybridized carbons (Fsp3) is 0.571. The number of fused-ring (bicyclic) bond motifs is 1. The predicted octanol–water partition coefficient (Wildman–Crippen LogP) is 3.48. The van der Waals surface area contributed by atoms with Gasteiger partial charge in [-0.25, -0.2) is 0 Å². The maximum absolute atomic E-state index is 5.80. The molecule has 82 valence electrons. The zero-order valence-electron chi connectivity index (χ0n) is 10.2. The van der Waals surface area contributed by atoms with Crippen LogP contribution in [0.5, 0.6) is 5.75 Å². The highest BCUT2D eigenvalue weighted by molar-refractivity contribution is 5.51. The molecule has 0 fully saturated rings. The van der Waals surface area contributed by atoms with Crippen molar-refractivity contribution in [2.24, 2.45) is 0 Å². The summed E-state index contributed by atoms with van der Waals surface area (Å²) in [4.78, 5) is 0. The van der Waals surface area contributed by atoms with Gasteiger partial charge in [-0.15, -0.1) is 0 Å². The zero-order valence-corrected chi connectivity index (χ0v) is 10.2. The van der Waals surface area contributed by atoms with Crippen LogP contribution < -0.4 is 4.74 Å². The van der Waals surface area contributed by atoms with E-state index in [1.807, 2.05) is 0 Å². The molecule has 0 bridgehead atoms. The molecule has 0 saturated carbocycles. The molecule has 1 aliphatic rings. The maximum Gasteiger partial charge on any atom is 0.126 e. The first-order valence-electron chi connectivity index (χ1n) is 5.82. The minimum absolute atomic E-state index is 0.181. The highest BCUT2D eigenvalue weighted by atomic mass is 16.5. The molecular formula is C14H20O. The minimum atomic E-state index is 0.181. The Morgan fingerprint density at radius 2 is 2.00 bits per heavy atom. The third kappa shape index (κ3) is 1.75. The third-order valence-electron chi connectivity index (χ3n) is 3.14. The summed E-state index contributed by atoms with van der Waals surface area (Å²) in [5.41, 5.74) is 4.44. The first kappa shape index (κ1) is 10.5. The van der Waals surface area contributed by atoms with E-state index in [4.69, 9.17) is 4.74 Å². The van der Waals surface area contributed by atoms with E-state index in [9.17, 15) is 0 Å². The van der Waals surface area contributed by atoms with Crippen molar-refractivity contribution in [2.75, 3.05) is 6.61 Å². The number of aryl methyl sites for hydroxylation is 1. The van der Waals surface area contributed by atoms with Crippen LogP contribution in [0.3, 0.4) is 0 Å². The van der Waals surface area contributed by atoms with Crippen molar-refractivity contribution < 1.29 is 4.74 Å². The van der Waals surface area contributed by atoms with Crippen molar-refractivity contribution in [1.82, 2.24) is 0 Å². The molecular weight excluding hydrogens is 184 g/mol. The molecule has 0 aliphatic carbocycles. The van der Waals surface area contributed by atoms with E-state index >= 15 is 0 Å². The lowest BCUT2D eigenvalue weighted by molar-refractivity contribution is 0.347. The lowest BCUT2D eigenvalue weighted by Gasteiger charge is -2.22. The first-order valence-corrected chi connectivity index (χ1v) is 5.82. The van der Waals surface area contributed by atoms with Gasteiger partial charge in [0.1, 0.15) is 5.75 Å². The Hall–Kier alpha value is -0.980. The summed E-state index contributed by atoms with van der Waals surface area (Å²) in [7, 11) is 0. The molecule has 0 aromatic heterocycles. The van der Waals surface area contributed by atoms with Crippen molar-refractivity contribution >= 4 is 0 Å². The van der Waals surface area contributed by atoms with Crippen LogP contribution in [0.2, 0.25) is 0 Å². The van der Waals surface area contributed by atoms with E-state index in [2.05, 4.69) is 39.8 Å². The fourth-order valence-corrected chi connectivity index (χ4v) is 2.28. The molecule has 0 amide bonds.